The van der Waals surface area contributed by atoms with E-state index in [1.165, 1.54) is 0 Å². The van der Waals surface area contributed by atoms with E-state index in [4.69, 9.17) is 11.6 Å². The van der Waals surface area contributed by atoms with Gasteiger partial charge in [-0.25, -0.2) is 4.79 Å². The molecule has 0 aliphatic carbocycles. The van der Waals surface area contributed by atoms with Crippen LogP contribution in [-0.4, -0.2) is 53.0 Å². The lowest BCUT2D eigenvalue weighted by molar-refractivity contribution is -0.134. The van der Waals surface area contributed by atoms with Crippen molar-refractivity contribution in [2.24, 2.45) is 5.92 Å². The minimum absolute atomic E-state index is 0.286. The van der Waals surface area contributed by atoms with Gasteiger partial charge in [0, 0.05) is 31.1 Å². The molecule has 0 atom stereocenters. The van der Waals surface area contributed by atoms with Crippen LogP contribution in [-0.2, 0) is 11.3 Å². The SMILES string of the molecule is O=C(O)c1cccc(Cl)c1CN1CCC(CN2CCCCC2=O)CC1. The highest BCUT2D eigenvalue weighted by molar-refractivity contribution is 6.31. The highest BCUT2D eigenvalue weighted by atomic mass is 35.5. The zero-order valence-electron chi connectivity index (χ0n) is 14.4. The number of hydrogen-bond acceptors (Lipinski definition) is 3. The molecular formula is C19H25ClN2O3. The Morgan fingerprint density at radius 1 is 1.20 bits per heavy atom. The van der Waals surface area contributed by atoms with Crippen molar-refractivity contribution in [1.29, 1.82) is 0 Å². The highest BCUT2D eigenvalue weighted by Gasteiger charge is 2.26. The van der Waals surface area contributed by atoms with Gasteiger partial charge in [-0.2, -0.15) is 0 Å². The molecular weight excluding hydrogens is 340 g/mol. The van der Waals surface area contributed by atoms with E-state index >= 15 is 0 Å². The lowest BCUT2D eigenvalue weighted by Gasteiger charge is -2.36. The molecule has 0 radical (unpaired) electrons. The predicted molar refractivity (Wildman–Crippen MR) is 96.8 cm³/mol. The Kier molecular flexibility index (Phi) is 5.97. The van der Waals surface area contributed by atoms with Gasteiger partial charge in [0.05, 0.1) is 5.56 Å². The molecule has 2 aliphatic heterocycles. The summed E-state index contributed by atoms with van der Waals surface area (Å²) in [4.78, 5) is 27.7. The number of benzene rings is 1. The van der Waals surface area contributed by atoms with Gasteiger partial charge in [-0.1, -0.05) is 17.7 Å². The molecule has 0 aromatic heterocycles. The Morgan fingerprint density at radius 3 is 2.64 bits per heavy atom. The maximum absolute atomic E-state index is 12.0. The fraction of sp³-hybridized carbons (Fsp3) is 0.579. The number of carboxylic acid groups (broad SMARTS) is 1. The molecule has 2 saturated heterocycles. The van der Waals surface area contributed by atoms with E-state index in [1.807, 2.05) is 4.90 Å². The molecule has 25 heavy (non-hydrogen) atoms. The lowest BCUT2D eigenvalue weighted by atomic mass is 9.94. The summed E-state index contributed by atoms with van der Waals surface area (Å²) in [6.07, 6.45) is 4.92. The van der Waals surface area contributed by atoms with Gasteiger partial charge >= 0.3 is 5.97 Å². The van der Waals surface area contributed by atoms with Crippen molar-refractivity contribution in [1.82, 2.24) is 9.80 Å². The third kappa shape index (κ3) is 4.53. The molecule has 136 valence electrons. The zero-order valence-corrected chi connectivity index (χ0v) is 15.2. The molecule has 6 heteroatoms. The minimum Gasteiger partial charge on any atom is -0.478 e. The standard InChI is InChI=1S/C19H25ClN2O3/c20-17-5-3-4-15(19(24)25)16(17)13-21-10-7-14(8-11-21)12-22-9-2-1-6-18(22)23/h3-5,14H,1-2,6-13H2,(H,24,25). The molecule has 0 bridgehead atoms. The molecule has 2 heterocycles. The molecule has 1 aromatic carbocycles. The summed E-state index contributed by atoms with van der Waals surface area (Å²) >= 11 is 6.23. The van der Waals surface area contributed by atoms with E-state index in [2.05, 4.69) is 4.90 Å². The second-order valence-electron chi connectivity index (χ2n) is 7.09. The summed E-state index contributed by atoms with van der Waals surface area (Å²) < 4.78 is 0. The molecule has 1 amide bonds. The first-order chi connectivity index (χ1) is 12.0. The van der Waals surface area contributed by atoms with Gasteiger partial charge in [-0.3, -0.25) is 9.69 Å². The van der Waals surface area contributed by atoms with Crippen LogP contribution in [0.2, 0.25) is 5.02 Å². The number of piperidine rings is 2. The number of nitrogens with zero attached hydrogens (tertiary/aromatic N) is 2. The van der Waals surface area contributed by atoms with Gasteiger partial charge in [-0.15, -0.1) is 0 Å². The Hall–Kier alpha value is -1.59. The van der Waals surface area contributed by atoms with Crippen LogP contribution in [0.4, 0.5) is 0 Å². The van der Waals surface area contributed by atoms with Gasteiger partial charge < -0.3 is 10.0 Å². The molecule has 2 fully saturated rings. The third-order valence-corrected chi connectivity index (χ3v) is 5.69. The van der Waals surface area contributed by atoms with Crippen LogP contribution in [0.15, 0.2) is 18.2 Å². The van der Waals surface area contributed by atoms with Crippen molar-refractivity contribution < 1.29 is 14.7 Å². The van der Waals surface area contributed by atoms with Crippen molar-refractivity contribution in [3.63, 3.8) is 0 Å². The van der Waals surface area contributed by atoms with E-state index in [0.29, 0.717) is 35.4 Å². The van der Waals surface area contributed by atoms with E-state index < -0.39 is 5.97 Å². The molecule has 2 aliphatic rings. The Morgan fingerprint density at radius 2 is 1.96 bits per heavy atom. The topological polar surface area (TPSA) is 60.9 Å². The number of rotatable bonds is 5. The third-order valence-electron chi connectivity index (χ3n) is 5.34. The summed E-state index contributed by atoms with van der Waals surface area (Å²) in [5.41, 5.74) is 0.981. The lowest BCUT2D eigenvalue weighted by Crippen LogP contribution is -2.42. The molecule has 0 saturated carbocycles. The average molecular weight is 365 g/mol. The van der Waals surface area contributed by atoms with Crippen LogP contribution >= 0.6 is 11.6 Å². The van der Waals surface area contributed by atoms with Crippen molar-refractivity contribution in [2.75, 3.05) is 26.2 Å². The van der Waals surface area contributed by atoms with Gasteiger partial charge in [0.1, 0.15) is 0 Å². The Balaban J connectivity index is 1.55. The maximum Gasteiger partial charge on any atom is 0.336 e. The van der Waals surface area contributed by atoms with E-state index in [1.54, 1.807) is 18.2 Å². The highest BCUT2D eigenvalue weighted by Crippen LogP contribution is 2.26. The number of carboxylic acids is 1. The summed E-state index contributed by atoms with van der Waals surface area (Å²) in [6, 6.07) is 5.04. The van der Waals surface area contributed by atoms with E-state index in [9.17, 15) is 14.7 Å². The molecule has 1 N–H and O–H groups in total. The maximum atomic E-state index is 12.0. The smallest absolute Gasteiger partial charge is 0.336 e. The average Bonchev–Trinajstić information content (AvgIpc) is 2.60. The number of carbonyl (C=O) groups is 2. The Bertz CT molecular complexity index is 642. The summed E-state index contributed by atoms with van der Waals surface area (Å²) in [5, 5.41) is 9.87. The number of amides is 1. The number of hydrogen-bond donors (Lipinski definition) is 1. The number of carbonyl (C=O) groups excluding carboxylic acids is 1. The molecule has 0 spiro atoms. The summed E-state index contributed by atoms with van der Waals surface area (Å²) in [6.45, 7) is 4.17. The van der Waals surface area contributed by atoms with Crippen LogP contribution in [0.25, 0.3) is 0 Å². The quantitative estimate of drug-likeness (QED) is 0.871. The molecule has 0 unspecified atom stereocenters. The van der Waals surface area contributed by atoms with Crippen molar-refractivity contribution in [2.45, 2.75) is 38.6 Å². The zero-order chi connectivity index (χ0) is 17.8. The van der Waals surface area contributed by atoms with Gasteiger partial charge in [0.2, 0.25) is 5.91 Å². The largest absolute Gasteiger partial charge is 0.478 e. The number of aromatic carboxylic acids is 1. The number of likely N-dealkylation sites (tertiary alicyclic amines) is 2. The van der Waals surface area contributed by atoms with Gasteiger partial charge in [-0.05, 0) is 62.4 Å². The van der Waals surface area contributed by atoms with E-state index in [-0.39, 0.29) is 5.56 Å². The minimum atomic E-state index is -0.934. The fourth-order valence-corrected chi connectivity index (χ4v) is 4.07. The fourth-order valence-electron chi connectivity index (χ4n) is 3.84. The van der Waals surface area contributed by atoms with Crippen LogP contribution in [0.3, 0.4) is 0 Å². The second kappa shape index (κ2) is 8.19. The van der Waals surface area contributed by atoms with Crippen molar-refractivity contribution in [3.05, 3.63) is 34.3 Å². The normalized spacial score (nSPS) is 20.0. The number of halogens is 1. The van der Waals surface area contributed by atoms with Crippen LogP contribution in [0.1, 0.15) is 48.0 Å². The van der Waals surface area contributed by atoms with Crippen molar-refractivity contribution in [3.8, 4) is 0 Å². The summed E-state index contributed by atoms with van der Waals surface area (Å²) in [7, 11) is 0. The van der Waals surface area contributed by atoms with Crippen LogP contribution < -0.4 is 0 Å². The van der Waals surface area contributed by atoms with Crippen molar-refractivity contribution >= 4 is 23.5 Å². The molecule has 3 rings (SSSR count). The van der Waals surface area contributed by atoms with Gasteiger partial charge in [0.25, 0.3) is 0 Å². The molecule has 1 aromatic rings. The van der Waals surface area contributed by atoms with Crippen LogP contribution in [0, 0.1) is 5.92 Å². The molecule has 5 nitrogen and oxygen atoms in total. The second-order valence-corrected chi connectivity index (χ2v) is 7.49. The predicted octanol–water partition coefficient (Wildman–Crippen LogP) is 3.26. The first-order valence-electron chi connectivity index (χ1n) is 9.05. The first-order valence-corrected chi connectivity index (χ1v) is 9.43. The Labute approximate surface area is 153 Å². The van der Waals surface area contributed by atoms with Gasteiger partial charge in [0.15, 0.2) is 0 Å². The van der Waals surface area contributed by atoms with E-state index in [0.717, 1.165) is 51.9 Å². The summed E-state index contributed by atoms with van der Waals surface area (Å²) in [5.74, 6) is -0.0877. The monoisotopic (exact) mass is 364 g/mol. The first kappa shape index (κ1) is 18.2. The van der Waals surface area contributed by atoms with Crippen LogP contribution in [0.5, 0.6) is 0 Å².